The van der Waals surface area contributed by atoms with Crippen molar-refractivity contribution in [2.75, 3.05) is 5.32 Å². The lowest BCUT2D eigenvalue weighted by Crippen LogP contribution is -2.20. The molecule has 0 unspecified atom stereocenters. The predicted molar refractivity (Wildman–Crippen MR) is 104 cm³/mol. The van der Waals surface area contributed by atoms with E-state index >= 15 is 0 Å². The molecule has 4 rings (SSSR count). The second kappa shape index (κ2) is 7.81. The van der Waals surface area contributed by atoms with Gasteiger partial charge in [-0.25, -0.2) is 9.97 Å². The van der Waals surface area contributed by atoms with Crippen LogP contribution in [0.25, 0.3) is 16.7 Å². The van der Waals surface area contributed by atoms with E-state index in [1.54, 1.807) is 59.7 Å². The molecule has 4 aromatic rings. The quantitative estimate of drug-likeness (QED) is 0.494. The lowest BCUT2D eigenvalue weighted by atomic mass is 10.2. The number of thioether (sulfide) groups is 1. The van der Waals surface area contributed by atoms with Gasteiger partial charge in [0, 0.05) is 12.4 Å². The Bertz CT molecular complexity index is 1110. The standard InChI is InChI=1S/C19H15F2N5OS/c20-18(21)28-19-24-14-6-2-4-8-16(14)26(19)11-17(27)23-13-5-1-3-7-15(13)25-10-9-22-12-25/h1-10,12,18H,11H2,(H,23,27). The smallest absolute Gasteiger partial charge is 0.291 e. The van der Waals surface area contributed by atoms with Crippen LogP contribution in [0, 0.1) is 0 Å². The highest BCUT2D eigenvalue weighted by Crippen LogP contribution is 2.28. The van der Waals surface area contributed by atoms with Crippen molar-refractivity contribution in [2.24, 2.45) is 0 Å². The van der Waals surface area contributed by atoms with Crippen LogP contribution in [-0.4, -0.2) is 30.8 Å². The average Bonchev–Trinajstić information content (AvgIpc) is 3.31. The highest BCUT2D eigenvalue weighted by atomic mass is 32.2. The van der Waals surface area contributed by atoms with Crippen molar-refractivity contribution in [1.82, 2.24) is 19.1 Å². The SMILES string of the molecule is O=C(Cn1c(SC(F)F)nc2ccccc21)Nc1ccccc1-n1ccnc1. The fourth-order valence-corrected chi connectivity index (χ4v) is 3.52. The molecule has 0 saturated carbocycles. The minimum atomic E-state index is -2.62. The van der Waals surface area contributed by atoms with E-state index in [2.05, 4.69) is 15.3 Å². The van der Waals surface area contributed by atoms with Gasteiger partial charge in [0.25, 0.3) is 5.76 Å². The van der Waals surface area contributed by atoms with Crippen LogP contribution in [0.15, 0.2) is 72.4 Å². The molecule has 142 valence electrons. The van der Waals surface area contributed by atoms with E-state index in [0.29, 0.717) is 28.5 Å². The Morgan fingerprint density at radius 1 is 1.14 bits per heavy atom. The summed E-state index contributed by atoms with van der Waals surface area (Å²) >= 11 is 0.326. The number of rotatable bonds is 6. The summed E-state index contributed by atoms with van der Waals surface area (Å²) in [6.07, 6.45) is 5.04. The van der Waals surface area contributed by atoms with Crippen molar-refractivity contribution in [3.8, 4) is 5.69 Å². The molecule has 2 aromatic carbocycles. The Morgan fingerprint density at radius 3 is 2.71 bits per heavy atom. The summed E-state index contributed by atoms with van der Waals surface area (Å²) < 4.78 is 29.1. The molecule has 0 aliphatic carbocycles. The molecule has 2 aromatic heterocycles. The van der Waals surface area contributed by atoms with Crippen LogP contribution < -0.4 is 5.32 Å². The Morgan fingerprint density at radius 2 is 1.93 bits per heavy atom. The molecule has 2 heterocycles. The lowest BCUT2D eigenvalue weighted by Gasteiger charge is -2.13. The van der Waals surface area contributed by atoms with Gasteiger partial charge in [-0.1, -0.05) is 24.3 Å². The highest BCUT2D eigenvalue weighted by Gasteiger charge is 2.18. The minimum Gasteiger partial charge on any atom is -0.323 e. The van der Waals surface area contributed by atoms with Gasteiger partial charge in [0.15, 0.2) is 5.16 Å². The molecule has 1 amide bonds. The molecule has 0 spiro atoms. The zero-order valence-electron chi connectivity index (χ0n) is 14.5. The van der Waals surface area contributed by atoms with Gasteiger partial charge in [-0.3, -0.25) is 4.79 Å². The number of carbonyl (C=O) groups is 1. The van der Waals surface area contributed by atoms with Crippen molar-refractivity contribution in [3.63, 3.8) is 0 Å². The molecule has 0 aliphatic rings. The molecule has 0 atom stereocenters. The van der Waals surface area contributed by atoms with Gasteiger partial charge in [0.2, 0.25) is 5.91 Å². The van der Waals surface area contributed by atoms with Crippen LogP contribution >= 0.6 is 11.8 Å². The van der Waals surface area contributed by atoms with Gasteiger partial charge in [0.05, 0.1) is 28.7 Å². The van der Waals surface area contributed by atoms with Crippen LogP contribution in [0.2, 0.25) is 0 Å². The van der Waals surface area contributed by atoms with Crippen LogP contribution in [-0.2, 0) is 11.3 Å². The first kappa shape index (κ1) is 18.2. The van der Waals surface area contributed by atoms with Crippen LogP contribution in [0.4, 0.5) is 14.5 Å². The summed E-state index contributed by atoms with van der Waals surface area (Å²) in [6, 6.07) is 14.3. The fourth-order valence-electron chi connectivity index (χ4n) is 2.92. The van der Waals surface area contributed by atoms with Gasteiger partial charge in [-0.05, 0) is 36.0 Å². The number of para-hydroxylation sites is 4. The maximum absolute atomic E-state index is 12.9. The third-order valence-corrected chi connectivity index (χ3v) is 4.78. The Balaban J connectivity index is 1.62. The fraction of sp³-hybridized carbons (Fsp3) is 0.105. The van der Waals surface area contributed by atoms with Crippen LogP contribution in [0.5, 0.6) is 0 Å². The molecule has 0 bridgehead atoms. The summed E-state index contributed by atoms with van der Waals surface area (Å²) in [5, 5.41) is 2.96. The van der Waals surface area contributed by atoms with E-state index in [1.807, 2.05) is 12.1 Å². The summed E-state index contributed by atoms with van der Waals surface area (Å²) in [4.78, 5) is 20.9. The Labute approximate surface area is 163 Å². The van der Waals surface area contributed by atoms with Crippen molar-refractivity contribution in [3.05, 3.63) is 67.3 Å². The van der Waals surface area contributed by atoms with E-state index in [1.165, 1.54) is 4.57 Å². The number of aromatic nitrogens is 4. The molecule has 6 nitrogen and oxygen atoms in total. The van der Waals surface area contributed by atoms with Crippen LogP contribution in [0.3, 0.4) is 0 Å². The molecule has 0 fully saturated rings. The van der Waals surface area contributed by atoms with Crippen molar-refractivity contribution < 1.29 is 13.6 Å². The third-order valence-electron chi connectivity index (χ3n) is 4.08. The molecule has 28 heavy (non-hydrogen) atoms. The number of nitrogens with zero attached hydrogens (tertiary/aromatic N) is 4. The molecule has 1 N–H and O–H groups in total. The number of benzene rings is 2. The third kappa shape index (κ3) is 3.74. The van der Waals surface area contributed by atoms with E-state index in [-0.39, 0.29) is 17.6 Å². The molecule has 0 saturated heterocycles. The number of hydrogen-bond acceptors (Lipinski definition) is 4. The van der Waals surface area contributed by atoms with Crippen molar-refractivity contribution in [1.29, 1.82) is 0 Å². The first-order valence-electron chi connectivity index (χ1n) is 8.39. The van der Waals surface area contributed by atoms with E-state index < -0.39 is 5.76 Å². The highest BCUT2D eigenvalue weighted by molar-refractivity contribution is 7.99. The Kier molecular flexibility index (Phi) is 5.07. The predicted octanol–water partition coefficient (Wildman–Crippen LogP) is 4.18. The van der Waals surface area contributed by atoms with E-state index in [0.717, 1.165) is 5.69 Å². The normalized spacial score (nSPS) is 11.2. The molecule has 0 radical (unpaired) electrons. The maximum atomic E-state index is 12.9. The summed E-state index contributed by atoms with van der Waals surface area (Å²) in [5.74, 6) is -2.97. The van der Waals surface area contributed by atoms with Gasteiger partial charge >= 0.3 is 0 Å². The number of amides is 1. The molecule has 0 aliphatic heterocycles. The van der Waals surface area contributed by atoms with Gasteiger partial charge in [-0.15, -0.1) is 0 Å². The molecular weight excluding hydrogens is 384 g/mol. The number of hydrogen-bond donors (Lipinski definition) is 1. The summed E-state index contributed by atoms with van der Waals surface area (Å²) in [6.45, 7) is -0.131. The largest absolute Gasteiger partial charge is 0.323 e. The second-order valence-electron chi connectivity index (χ2n) is 5.88. The average molecular weight is 399 g/mol. The zero-order valence-corrected chi connectivity index (χ0v) is 15.3. The monoisotopic (exact) mass is 399 g/mol. The molecular formula is C19H15F2N5OS. The number of fused-ring (bicyclic) bond motifs is 1. The summed E-state index contributed by atoms with van der Waals surface area (Å²) in [5.41, 5.74) is 2.55. The zero-order chi connectivity index (χ0) is 19.5. The first-order chi connectivity index (χ1) is 13.6. The summed E-state index contributed by atoms with van der Waals surface area (Å²) in [7, 11) is 0. The lowest BCUT2D eigenvalue weighted by molar-refractivity contribution is -0.116. The van der Waals surface area contributed by atoms with Gasteiger partial charge < -0.3 is 14.5 Å². The second-order valence-corrected chi connectivity index (χ2v) is 6.84. The van der Waals surface area contributed by atoms with Gasteiger partial charge in [0.1, 0.15) is 6.54 Å². The minimum absolute atomic E-state index is 0.106. The number of imidazole rings is 2. The number of alkyl halides is 2. The maximum Gasteiger partial charge on any atom is 0.291 e. The van der Waals surface area contributed by atoms with Gasteiger partial charge in [-0.2, -0.15) is 8.78 Å². The number of anilines is 1. The number of nitrogens with one attached hydrogen (secondary N) is 1. The van der Waals surface area contributed by atoms with E-state index in [4.69, 9.17) is 0 Å². The topological polar surface area (TPSA) is 64.7 Å². The number of carbonyl (C=O) groups excluding carboxylic acids is 1. The van der Waals surface area contributed by atoms with Crippen molar-refractivity contribution >= 4 is 34.4 Å². The van der Waals surface area contributed by atoms with E-state index in [9.17, 15) is 13.6 Å². The molecule has 9 heteroatoms. The Hall–Kier alpha value is -3.20. The first-order valence-corrected chi connectivity index (χ1v) is 9.27. The van der Waals surface area contributed by atoms with Crippen LogP contribution in [0.1, 0.15) is 0 Å². The number of halogens is 2. The van der Waals surface area contributed by atoms with Crippen molar-refractivity contribution in [2.45, 2.75) is 17.5 Å².